The van der Waals surface area contributed by atoms with Gasteiger partial charge in [-0.1, -0.05) is 34.6 Å². The van der Waals surface area contributed by atoms with Gasteiger partial charge in [0.1, 0.15) is 4.84 Å². The monoisotopic (exact) mass is 230 g/mol. The van der Waals surface area contributed by atoms with Crippen LogP contribution in [0.15, 0.2) is 0 Å². The maximum atomic E-state index is 9.98. The zero-order valence-corrected chi connectivity index (χ0v) is 10.6. The summed E-state index contributed by atoms with van der Waals surface area (Å²) in [6.07, 6.45) is 0. The molecule has 1 nitrogen and oxygen atoms in total. The highest BCUT2D eigenvalue weighted by Crippen LogP contribution is 2.58. The SMILES string of the molecule is CC(C)(C)P(O)C(C)(C)C(Cl)Cl. The van der Waals surface area contributed by atoms with Crippen LogP contribution >= 0.6 is 31.4 Å². The molecule has 12 heavy (non-hydrogen) atoms. The number of rotatable bonds is 2. The minimum atomic E-state index is -1.17. The zero-order chi connectivity index (χ0) is 10.2. The molecule has 74 valence electrons. The van der Waals surface area contributed by atoms with Gasteiger partial charge in [0.25, 0.3) is 0 Å². The molecule has 0 bridgehead atoms. The molecule has 0 aromatic heterocycles. The Hall–Kier alpha value is 0.970. The summed E-state index contributed by atoms with van der Waals surface area (Å²) in [5.41, 5.74) is 0. The minimum Gasteiger partial charge on any atom is -0.373 e. The normalized spacial score (nSPS) is 16.8. The van der Waals surface area contributed by atoms with E-state index in [1.807, 2.05) is 34.6 Å². The largest absolute Gasteiger partial charge is 0.373 e. The van der Waals surface area contributed by atoms with E-state index in [-0.39, 0.29) is 5.16 Å². The molecule has 0 amide bonds. The highest BCUT2D eigenvalue weighted by Gasteiger charge is 2.41. The number of hydrogen-bond acceptors (Lipinski definition) is 1. The van der Waals surface area contributed by atoms with Crippen molar-refractivity contribution in [2.45, 2.75) is 49.8 Å². The summed E-state index contributed by atoms with van der Waals surface area (Å²) in [5, 5.41) is -0.530. The second-order valence-electron chi connectivity index (χ2n) is 4.44. The van der Waals surface area contributed by atoms with E-state index in [1.165, 1.54) is 0 Å². The van der Waals surface area contributed by atoms with Crippen LogP contribution in [0.25, 0.3) is 0 Å². The molecule has 1 N–H and O–H groups in total. The molecule has 0 aromatic rings. The molecular weight excluding hydrogens is 214 g/mol. The topological polar surface area (TPSA) is 20.2 Å². The van der Waals surface area contributed by atoms with Gasteiger partial charge < -0.3 is 4.89 Å². The summed E-state index contributed by atoms with van der Waals surface area (Å²) in [5.74, 6) is 0. The van der Waals surface area contributed by atoms with Gasteiger partial charge in [-0.25, -0.2) is 0 Å². The standard InChI is InChI=1S/C8H17Cl2OP/c1-7(2,3)12(11)8(4,5)6(9)10/h6,11H,1-5H3. The van der Waals surface area contributed by atoms with Crippen molar-refractivity contribution in [3.63, 3.8) is 0 Å². The summed E-state index contributed by atoms with van der Waals surface area (Å²) in [6, 6.07) is 0. The molecule has 0 fully saturated rings. The van der Waals surface area contributed by atoms with E-state index in [0.717, 1.165) is 0 Å². The summed E-state index contributed by atoms with van der Waals surface area (Å²) in [4.78, 5) is 9.46. The Morgan fingerprint density at radius 2 is 1.42 bits per heavy atom. The van der Waals surface area contributed by atoms with Gasteiger partial charge in [-0.15, -0.1) is 23.2 Å². The first kappa shape index (κ1) is 13.0. The van der Waals surface area contributed by atoms with Gasteiger partial charge in [-0.3, -0.25) is 0 Å². The van der Waals surface area contributed by atoms with E-state index in [2.05, 4.69) is 0 Å². The third-order valence-electron chi connectivity index (χ3n) is 1.72. The van der Waals surface area contributed by atoms with Gasteiger partial charge in [0, 0.05) is 18.5 Å². The highest BCUT2D eigenvalue weighted by molar-refractivity contribution is 7.55. The minimum absolute atomic E-state index is 0.124. The average Bonchev–Trinajstić information content (AvgIpc) is 1.83. The second-order valence-corrected chi connectivity index (χ2v) is 8.65. The predicted molar refractivity (Wildman–Crippen MR) is 58.5 cm³/mol. The van der Waals surface area contributed by atoms with Crippen molar-refractivity contribution < 1.29 is 4.89 Å². The van der Waals surface area contributed by atoms with Crippen molar-refractivity contribution >= 4 is 31.4 Å². The molecule has 0 aliphatic rings. The molecule has 0 rings (SSSR count). The Kier molecular flexibility index (Phi) is 4.33. The number of halogens is 2. The van der Waals surface area contributed by atoms with Gasteiger partial charge in [-0.05, 0) is 0 Å². The fourth-order valence-electron chi connectivity index (χ4n) is 0.957. The van der Waals surface area contributed by atoms with Crippen LogP contribution in [0.1, 0.15) is 34.6 Å². The fraction of sp³-hybridized carbons (Fsp3) is 1.00. The lowest BCUT2D eigenvalue weighted by molar-refractivity contribution is 0.528. The van der Waals surface area contributed by atoms with Crippen LogP contribution in [0.2, 0.25) is 0 Å². The van der Waals surface area contributed by atoms with Crippen molar-refractivity contribution in [2.75, 3.05) is 0 Å². The lowest BCUT2D eigenvalue weighted by atomic mass is 10.2. The van der Waals surface area contributed by atoms with Crippen LogP contribution in [-0.2, 0) is 0 Å². The van der Waals surface area contributed by atoms with E-state index in [9.17, 15) is 4.89 Å². The van der Waals surface area contributed by atoms with Crippen LogP contribution in [0.4, 0.5) is 0 Å². The smallest absolute Gasteiger partial charge is 0.118 e. The van der Waals surface area contributed by atoms with Gasteiger partial charge in [0.05, 0.1) is 0 Å². The zero-order valence-electron chi connectivity index (χ0n) is 8.23. The second kappa shape index (κ2) is 4.00. The van der Waals surface area contributed by atoms with Crippen molar-refractivity contribution in [1.82, 2.24) is 0 Å². The number of alkyl halides is 2. The molecule has 0 saturated heterocycles. The molecule has 0 aliphatic carbocycles. The summed E-state index contributed by atoms with van der Waals surface area (Å²) in [7, 11) is -1.17. The first-order valence-electron chi connectivity index (χ1n) is 3.87. The van der Waals surface area contributed by atoms with Crippen molar-refractivity contribution in [3.05, 3.63) is 0 Å². The van der Waals surface area contributed by atoms with Crippen LogP contribution < -0.4 is 0 Å². The Labute approximate surface area is 86.3 Å². The first-order chi connectivity index (χ1) is 5.10. The molecule has 4 heteroatoms. The van der Waals surface area contributed by atoms with E-state index < -0.39 is 18.1 Å². The van der Waals surface area contributed by atoms with Crippen LogP contribution in [0, 0.1) is 0 Å². The van der Waals surface area contributed by atoms with E-state index in [0.29, 0.717) is 0 Å². The molecule has 0 heterocycles. The molecule has 0 saturated carbocycles. The third-order valence-corrected chi connectivity index (χ3v) is 5.73. The molecule has 0 spiro atoms. The maximum Gasteiger partial charge on any atom is 0.118 e. The Bertz CT molecular complexity index is 152. The van der Waals surface area contributed by atoms with Crippen molar-refractivity contribution in [2.24, 2.45) is 0 Å². The van der Waals surface area contributed by atoms with Crippen LogP contribution in [0.3, 0.4) is 0 Å². The van der Waals surface area contributed by atoms with E-state index in [1.54, 1.807) is 0 Å². The maximum absolute atomic E-state index is 9.98. The third kappa shape index (κ3) is 3.03. The van der Waals surface area contributed by atoms with Gasteiger partial charge >= 0.3 is 0 Å². The Morgan fingerprint density at radius 1 is 1.08 bits per heavy atom. The quantitative estimate of drug-likeness (QED) is 0.566. The predicted octanol–water partition coefficient (Wildman–Crippen LogP) is 3.76. The summed E-state index contributed by atoms with van der Waals surface area (Å²) < 4.78 is 0. The Balaban J connectivity index is 4.57. The van der Waals surface area contributed by atoms with Crippen molar-refractivity contribution in [1.29, 1.82) is 0 Å². The van der Waals surface area contributed by atoms with Gasteiger partial charge in [0.15, 0.2) is 0 Å². The lowest BCUT2D eigenvalue weighted by Gasteiger charge is -2.39. The van der Waals surface area contributed by atoms with E-state index >= 15 is 0 Å². The van der Waals surface area contributed by atoms with Crippen LogP contribution in [-0.4, -0.2) is 20.0 Å². The average molecular weight is 231 g/mol. The van der Waals surface area contributed by atoms with Gasteiger partial charge in [-0.2, -0.15) is 0 Å². The molecular formula is C8H17Cl2OP. The lowest BCUT2D eigenvalue weighted by Crippen LogP contribution is -2.33. The first-order valence-corrected chi connectivity index (χ1v) is 6.04. The van der Waals surface area contributed by atoms with Gasteiger partial charge in [0.2, 0.25) is 0 Å². The Morgan fingerprint density at radius 3 is 1.50 bits per heavy atom. The highest BCUT2D eigenvalue weighted by atomic mass is 35.5. The molecule has 0 aliphatic heterocycles. The summed E-state index contributed by atoms with van der Waals surface area (Å²) >= 11 is 11.6. The van der Waals surface area contributed by atoms with E-state index in [4.69, 9.17) is 23.2 Å². The number of hydrogen-bond donors (Lipinski definition) is 1. The molecule has 0 aromatic carbocycles. The molecule has 1 atom stereocenters. The summed E-state index contributed by atoms with van der Waals surface area (Å²) in [6.45, 7) is 9.78. The van der Waals surface area contributed by atoms with Crippen LogP contribution in [0.5, 0.6) is 0 Å². The van der Waals surface area contributed by atoms with Crippen molar-refractivity contribution in [3.8, 4) is 0 Å². The molecule has 0 radical (unpaired) electrons. The fourth-order valence-corrected chi connectivity index (χ4v) is 3.43. The molecule has 1 unspecified atom stereocenters.